The first kappa shape index (κ1) is 19.4. The van der Waals surface area contributed by atoms with Gasteiger partial charge in [0.1, 0.15) is 11.3 Å². The molecule has 0 aliphatic heterocycles. The summed E-state index contributed by atoms with van der Waals surface area (Å²) in [6.45, 7) is 0. The molecule has 0 aromatic heterocycles. The zero-order valence-electron chi connectivity index (χ0n) is 14.0. The Morgan fingerprint density at radius 2 is 1.69 bits per heavy atom. The molecule has 0 aliphatic carbocycles. The molecule has 0 saturated heterocycles. The van der Waals surface area contributed by atoms with E-state index >= 15 is 0 Å². The molecule has 0 unspecified atom stereocenters. The number of nitrogens with zero attached hydrogens (tertiary/aromatic N) is 1. The summed E-state index contributed by atoms with van der Waals surface area (Å²) in [5, 5.41) is 9.29. The maximum Gasteiger partial charge on any atom is 0.339 e. The predicted octanol–water partition coefficient (Wildman–Crippen LogP) is 2.51. The topological polar surface area (TPSA) is 93.1 Å². The molecule has 1 N–H and O–H groups in total. The maximum absolute atomic E-state index is 13.9. The standard InChI is InChI=1S/C16H15F2NO6S/c1-19(14-11(17)5-4-6-12(14)18)26(22,23)9-7-10(16(20)21)15(25-3)13(8-9)24-2/h4-8H,1-3H3,(H,20,21). The number of ether oxygens (including phenoxy) is 2. The van der Waals surface area contributed by atoms with Crippen LogP contribution in [0, 0.1) is 11.6 Å². The van der Waals surface area contributed by atoms with Crippen LogP contribution in [-0.2, 0) is 10.0 Å². The van der Waals surface area contributed by atoms with Crippen molar-refractivity contribution in [2.45, 2.75) is 4.90 Å². The lowest BCUT2D eigenvalue weighted by atomic mass is 10.2. The van der Waals surface area contributed by atoms with E-state index in [0.717, 1.165) is 37.4 Å². The third kappa shape index (κ3) is 3.27. The lowest BCUT2D eigenvalue weighted by molar-refractivity contribution is 0.0692. The Bertz CT molecular complexity index is 941. The lowest BCUT2D eigenvalue weighted by Gasteiger charge is -2.21. The minimum absolute atomic E-state index is 0.159. The van der Waals surface area contributed by atoms with E-state index in [1.807, 2.05) is 0 Å². The van der Waals surface area contributed by atoms with Crippen LogP contribution in [-0.4, -0.2) is 40.8 Å². The van der Waals surface area contributed by atoms with E-state index in [0.29, 0.717) is 4.31 Å². The number of benzene rings is 2. The Morgan fingerprint density at radius 3 is 2.15 bits per heavy atom. The van der Waals surface area contributed by atoms with Crippen LogP contribution in [0.25, 0.3) is 0 Å². The summed E-state index contributed by atoms with van der Waals surface area (Å²) < 4.78 is 63.7. The number of carboxylic acid groups (broad SMARTS) is 1. The summed E-state index contributed by atoms with van der Waals surface area (Å²) in [6.07, 6.45) is 0. The van der Waals surface area contributed by atoms with Crippen LogP contribution >= 0.6 is 0 Å². The van der Waals surface area contributed by atoms with Crippen molar-refractivity contribution >= 4 is 21.7 Å². The van der Waals surface area contributed by atoms with Gasteiger partial charge in [-0.05, 0) is 18.2 Å². The van der Waals surface area contributed by atoms with Crippen LogP contribution in [0.1, 0.15) is 10.4 Å². The number of rotatable bonds is 6. The smallest absolute Gasteiger partial charge is 0.339 e. The second kappa shape index (κ2) is 7.16. The number of hydrogen-bond donors (Lipinski definition) is 1. The van der Waals surface area contributed by atoms with Crippen LogP contribution in [0.2, 0.25) is 0 Å². The third-order valence-corrected chi connectivity index (χ3v) is 5.33. The van der Waals surface area contributed by atoms with Gasteiger partial charge >= 0.3 is 5.97 Å². The van der Waals surface area contributed by atoms with Crippen molar-refractivity contribution < 1.29 is 36.6 Å². The fourth-order valence-corrected chi connectivity index (χ4v) is 3.57. The molecular weight excluding hydrogens is 372 g/mol. The van der Waals surface area contributed by atoms with Crippen molar-refractivity contribution in [1.29, 1.82) is 0 Å². The number of hydrogen-bond acceptors (Lipinski definition) is 5. The summed E-state index contributed by atoms with van der Waals surface area (Å²) in [5.74, 6) is -3.98. The largest absolute Gasteiger partial charge is 0.493 e. The molecule has 0 bridgehead atoms. The van der Waals surface area contributed by atoms with Crippen molar-refractivity contribution in [3.63, 3.8) is 0 Å². The van der Waals surface area contributed by atoms with Gasteiger partial charge in [0.2, 0.25) is 0 Å². The molecule has 7 nitrogen and oxygen atoms in total. The average Bonchev–Trinajstić information content (AvgIpc) is 2.59. The van der Waals surface area contributed by atoms with Crippen LogP contribution in [0.5, 0.6) is 11.5 Å². The molecule has 0 aliphatic rings. The van der Waals surface area contributed by atoms with Crippen molar-refractivity contribution in [3.8, 4) is 11.5 Å². The molecule has 0 spiro atoms. The lowest BCUT2D eigenvalue weighted by Crippen LogP contribution is -2.28. The van der Waals surface area contributed by atoms with E-state index in [1.165, 1.54) is 14.2 Å². The zero-order chi connectivity index (χ0) is 19.6. The molecule has 140 valence electrons. The molecule has 0 fully saturated rings. The fraction of sp³-hybridized carbons (Fsp3) is 0.188. The van der Waals surface area contributed by atoms with Gasteiger partial charge in [-0.25, -0.2) is 22.0 Å². The highest BCUT2D eigenvalue weighted by Gasteiger charge is 2.29. The average molecular weight is 387 g/mol. The Hall–Kier alpha value is -2.88. The van der Waals surface area contributed by atoms with Crippen LogP contribution in [0.3, 0.4) is 0 Å². The van der Waals surface area contributed by atoms with E-state index < -0.39 is 43.8 Å². The van der Waals surface area contributed by atoms with E-state index in [9.17, 15) is 27.1 Å². The number of carboxylic acids is 1. The molecular formula is C16H15F2NO6S. The Kier molecular flexibility index (Phi) is 5.36. The molecule has 0 radical (unpaired) electrons. The van der Waals surface area contributed by atoms with Gasteiger partial charge in [0.15, 0.2) is 23.1 Å². The highest BCUT2D eigenvalue weighted by Crippen LogP contribution is 2.36. The zero-order valence-corrected chi connectivity index (χ0v) is 14.8. The number of anilines is 1. The summed E-state index contributed by atoms with van der Waals surface area (Å²) in [4.78, 5) is 10.9. The Morgan fingerprint density at radius 1 is 1.12 bits per heavy atom. The minimum atomic E-state index is -4.50. The van der Waals surface area contributed by atoms with Gasteiger partial charge in [0.25, 0.3) is 10.0 Å². The predicted molar refractivity (Wildman–Crippen MR) is 88.5 cm³/mol. The highest BCUT2D eigenvalue weighted by atomic mass is 32.2. The van der Waals surface area contributed by atoms with Crippen molar-refractivity contribution in [3.05, 3.63) is 47.5 Å². The highest BCUT2D eigenvalue weighted by molar-refractivity contribution is 7.92. The van der Waals surface area contributed by atoms with Gasteiger partial charge in [0.05, 0.1) is 19.1 Å². The number of para-hydroxylation sites is 1. The first-order valence-electron chi connectivity index (χ1n) is 7.07. The summed E-state index contributed by atoms with van der Waals surface area (Å²) >= 11 is 0. The van der Waals surface area contributed by atoms with Crippen LogP contribution in [0.4, 0.5) is 14.5 Å². The normalized spacial score (nSPS) is 11.1. The second-order valence-corrected chi connectivity index (χ2v) is 7.02. The minimum Gasteiger partial charge on any atom is -0.493 e. The van der Waals surface area contributed by atoms with Gasteiger partial charge < -0.3 is 14.6 Å². The van der Waals surface area contributed by atoms with E-state index in [4.69, 9.17) is 9.47 Å². The molecule has 0 heterocycles. The van der Waals surface area contributed by atoms with Gasteiger partial charge in [-0.1, -0.05) is 6.07 Å². The molecule has 2 aromatic carbocycles. The van der Waals surface area contributed by atoms with Crippen molar-refractivity contribution in [1.82, 2.24) is 0 Å². The third-order valence-electron chi connectivity index (χ3n) is 3.59. The second-order valence-electron chi connectivity index (χ2n) is 5.05. The Balaban J connectivity index is 2.69. The maximum atomic E-state index is 13.9. The molecule has 26 heavy (non-hydrogen) atoms. The van der Waals surface area contributed by atoms with E-state index in [2.05, 4.69) is 0 Å². The fourth-order valence-electron chi connectivity index (χ4n) is 2.32. The molecule has 2 aromatic rings. The number of aromatic carboxylic acids is 1. The molecule has 0 atom stereocenters. The molecule has 0 saturated carbocycles. The summed E-state index contributed by atoms with van der Waals surface area (Å²) in [6, 6.07) is 4.74. The SMILES string of the molecule is COc1cc(S(=O)(=O)N(C)c2c(F)cccc2F)cc(C(=O)O)c1OC. The van der Waals surface area contributed by atoms with E-state index in [-0.39, 0.29) is 11.5 Å². The Labute approximate surface area is 148 Å². The number of halogens is 2. The van der Waals surface area contributed by atoms with Gasteiger partial charge in [-0.2, -0.15) is 0 Å². The first-order valence-corrected chi connectivity index (χ1v) is 8.51. The molecule has 2 rings (SSSR count). The monoisotopic (exact) mass is 387 g/mol. The van der Waals surface area contributed by atoms with Crippen molar-refractivity contribution in [2.24, 2.45) is 0 Å². The van der Waals surface area contributed by atoms with Gasteiger partial charge in [-0.15, -0.1) is 0 Å². The summed E-state index contributed by atoms with van der Waals surface area (Å²) in [5.41, 5.74) is -1.27. The van der Waals surface area contributed by atoms with Gasteiger partial charge in [0, 0.05) is 13.1 Å². The number of methoxy groups -OCH3 is 2. The van der Waals surface area contributed by atoms with Crippen LogP contribution in [0.15, 0.2) is 35.2 Å². The van der Waals surface area contributed by atoms with E-state index in [1.54, 1.807) is 0 Å². The quantitative estimate of drug-likeness (QED) is 0.819. The number of sulfonamides is 1. The number of carbonyl (C=O) groups is 1. The van der Waals surface area contributed by atoms with Crippen molar-refractivity contribution in [2.75, 3.05) is 25.6 Å². The van der Waals surface area contributed by atoms with Gasteiger partial charge in [-0.3, -0.25) is 4.31 Å². The van der Waals surface area contributed by atoms with Crippen LogP contribution < -0.4 is 13.8 Å². The molecule has 10 heteroatoms. The molecule has 0 amide bonds. The first-order chi connectivity index (χ1) is 12.1. The summed E-state index contributed by atoms with van der Waals surface area (Å²) in [7, 11) is -1.16.